The second-order valence-corrected chi connectivity index (χ2v) is 6.22. The molecule has 0 spiro atoms. The van der Waals surface area contributed by atoms with Gasteiger partial charge in [-0.3, -0.25) is 4.79 Å². The molecule has 0 aliphatic carbocycles. The molecule has 4 nitrogen and oxygen atoms in total. The van der Waals surface area contributed by atoms with Crippen molar-refractivity contribution in [3.63, 3.8) is 0 Å². The number of nitrogens with one attached hydrogen (secondary N) is 1. The van der Waals surface area contributed by atoms with Crippen molar-refractivity contribution in [2.75, 3.05) is 5.32 Å². The highest BCUT2D eigenvalue weighted by molar-refractivity contribution is 6.34. The Morgan fingerprint density at radius 2 is 1.58 bits per heavy atom. The number of carboxylic acids is 1. The van der Waals surface area contributed by atoms with Crippen molar-refractivity contribution in [1.29, 1.82) is 0 Å². The van der Waals surface area contributed by atoms with E-state index in [1.54, 1.807) is 12.1 Å². The van der Waals surface area contributed by atoms with Crippen molar-refractivity contribution >= 4 is 29.2 Å². The smallest absolute Gasteiger partial charge is 0.335 e. The topological polar surface area (TPSA) is 66.4 Å². The lowest BCUT2D eigenvalue weighted by atomic mass is 9.95. The quantitative estimate of drug-likeness (QED) is 0.662. The van der Waals surface area contributed by atoms with Crippen LogP contribution in [0.3, 0.4) is 0 Å². The van der Waals surface area contributed by atoms with E-state index >= 15 is 0 Å². The van der Waals surface area contributed by atoms with Gasteiger partial charge in [-0.15, -0.1) is 0 Å². The number of carboxylic acid groups (broad SMARTS) is 1. The van der Waals surface area contributed by atoms with Gasteiger partial charge < -0.3 is 10.4 Å². The van der Waals surface area contributed by atoms with E-state index in [4.69, 9.17) is 16.7 Å². The van der Waals surface area contributed by atoms with Crippen molar-refractivity contribution in [3.05, 3.63) is 88.4 Å². The van der Waals surface area contributed by atoms with Crippen LogP contribution in [-0.2, 0) is 0 Å². The summed E-state index contributed by atoms with van der Waals surface area (Å²) < 4.78 is 0. The molecule has 0 saturated heterocycles. The molecular formula is C21H16ClNO3. The van der Waals surface area contributed by atoms with E-state index in [2.05, 4.69) is 5.32 Å². The van der Waals surface area contributed by atoms with Crippen LogP contribution in [-0.4, -0.2) is 17.0 Å². The number of amides is 1. The molecule has 0 saturated carbocycles. The van der Waals surface area contributed by atoms with Gasteiger partial charge in [0.25, 0.3) is 5.91 Å². The maximum Gasteiger partial charge on any atom is 0.335 e. The average molecular weight is 366 g/mol. The van der Waals surface area contributed by atoms with Crippen LogP contribution in [0.15, 0.2) is 66.7 Å². The zero-order chi connectivity index (χ0) is 18.7. The van der Waals surface area contributed by atoms with Crippen molar-refractivity contribution in [1.82, 2.24) is 0 Å². The zero-order valence-corrected chi connectivity index (χ0v) is 14.7. The molecule has 0 fully saturated rings. The molecule has 0 radical (unpaired) electrons. The maximum atomic E-state index is 12.8. The number of hydrogen-bond acceptors (Lipinski definition) is 2. The minimum absolute atomic E-state index is 0.0632. The van der Waals surface area contributed by atoms with Gasteiger partial charge >= 0.3 is 5.97 Å². The summed E-state index contributed by atoms with van der Waals surface area (Å²) in [6.45, 7) is 1.99. The van der Waals surface area contributed by atoms with Crippen molar-refractivity contribution in [2.24, 2.45) is 0 Å². The summed E-state index contributed by atoms with van der Waals surface area (Å²) in [5.41, 5.74) is 3.80. The largest absolute Gasteiger partial charge is 0.478 e. The molecule has 3 rings (SSSR count). The van der Waals surface area contributed by atoms with Crippen molar-refractivity contribution < 1.29 is 14.7 Å². The van der Waals surface area contributed by atoms with E-state index in [-0.39, 0.29) is 16.5 Å². The van der Waals surface area contributed by atoms with E-state index < -0.39 is 5.97 Å². The van der Waals surface area contributed by atoms with Crippen LogP contribution >= 0.6 is 11.6 Å². The fraction of sp³-hybridized carbons (Fsp3) is 0.0476. The molecule has 3 aromatic rings. The molecule has 0 atom stereocenters. The predicted octanol–water partition coefficient (Wildman–Crippen LogP) is 5.27. The number of benzene rings is 3. The number of aryl methyl sites for hydroxylation is 1. The highest BCUT2D eigenvalue weighted by atomic mass is 35.5. The first-order chi connectivity index (χ1) is 12.5. The first-order valence-corrected chi connectivity index (χ1v) is 8.34. The van der Waals surface area contributed by atoms with Crippen LogP contribution in [0.25, 0.3) is 11.1 Å². The van der Waals surface area contributed by atoms with Crippen LogP contribution in [0.4, 0.5) is 5.69 Å². The monoisotopic (exact) mass is 365 g/mol. The van der Waals surface area contributed by atoms with E-state index in [9.17, 15) is 9.59 Å². The van der Waals surface area contributed by atoms with Gasteiger partial charge in [0.1, 0.15) is 0 Å². The van der Waals surface area contributed by atoms with E-state index in [0.717, 1.165) is 16.7 Å². The SMILES string of the molecule is Cc1ccccc1-c1ccccc1C(=O)Nc1ccc(C(=O)O)cc1Cl. The Morgan fingerprint density at radius 3 is 2.23 bits per heavy atom. The highest BCUT2D eigenvalue weighted by Crippen LogP contribution is 2.29. The molecule has 0 unspecified atom stereocenters. The van der Waals surface area contributed by atoms with Gasteiger partial charge in [0.15, 0.2) is 0 Å². The molecule has 0 aliphatic rings. The third-order valence-corrected chi connectivity index (χ3v) is 4.38. The third kappa shape index (κ3) is 3.60. The summed E-state index contributed by atoms with van der Waals surface area (Å²) in [6.07, 6.45) is 0. The number of halogens is 1. The standard InChI is InChI=1S/C21H16ClNO3/c1-13-6-2-3-7-15(13)16-8-4-5-9-17(16)20(24)23-19-11-10-14(21(25)26)12-18(19)22/h2-12H,1H3,(H,23,24)(H,25,26). The number of aromatic carboxylic acids is 1. The van der Waals surface area contributed by atoms with Crippen LogP contribution in [0.2, 0.25) is 5.02 Å². The Hall–Kier alpha value is -3.11. The molecule has 1 amide bonds. The number of carbonyl (C=O) groups is 2. The maximum absolute atomic E-state index is 12.8. The minimum Gasteiger partial charge on any atom is -0.478 e. The van der Waals surface area contributed by atoms with Gasteiger partial charge in [0.2, 0.25) is 0 Å². The molecule has 0 heterocycles. The fourth-order valence-corrected chi connectivity index (χ4v) is 2.96. The normalized spacial score (nSPS) is 10.4. The molecule has 3 aromatic carbocycles. The van der Waals surface area contributed by atoms with E-state index in [1.807, 2.05) is 43.3 Å². The van der Waals surface area contributed by atoms with Crippen molar-refractivity contribution in [2.45, 2.75) is 6.92 Å². The van der Waals surface area contributed by atoms with Crippen LogP contribution < -0.4 is 5.32 Å². The van der Waals surface area contributed by atoms with Gasteiger partial charge in [0.05, 0.1) is 16.3 Å². The number of hydrogen-bond donors (Lipinski definition) is 2. The molecule has 26 heavy (non-hydrogen) atoms. The van der Waals surface area contributed by atoms with Crippen LogP contribution in [0, 0.1) is 6.92 Å². The summed E-state index contributed by atoms with van der Waals surface area (Å²) in [4.78, 5) is 23.8. The lowest BCUT2D eigenvalue weighted by Crippen LogP contribution is -2.14. The Morgan fingerprint density at radius 1 is 0.923 bits per heavy atom. The first-order valence-electron chi connectivity index (χ1n) is 7.96. The molecule has 130 valence electrons. The average Bonchev–Trinajstić information content (AvgIpc) is 2.63. The van der Waals surface area contributed by atoms with E-state index in [1.165, 1.54) is 18.2 Å². The molecule has 2 N–H and O–H groups in total. The Bertz CT molecular complexity index is 998. The lowest BCUT2D eigenvalue weighted by Gasteiger charge is -2.13. The number of anilines is 1. The molecule has 5 heteroatoms. The first kappa shape index (κ1) is 17.7. The second-order valence-electron chi connectivity index (χ2n) is 5.81. The second kappa shape index (κ2) is 7.42. The Kier molecular flexibility index (Phi) is 5.05. The summed E-state index contributed by atoms with van der Waals surface area (Å²) in [7, 11) is 0. The number of rotatable bonds is 4. The number of carbonyl (C=O) groups excluding carboxylic acids is 1. The fourth-order valence-electron chi connectivity index (χ4n) is 2.73. The summed E-state index contributed by atoms with van der Waals surface area (Å²) in [5.74, 6) is -1.39. The molecule has 0 aromatic heterocycles. The van der Waals surface area contributed by atoms with Gasteiger partial charge in [-0.25, -0.2) is 4.79 Å². The highest BCUT2D eigenvalue weighted by Gasteiger charge is 2.15. The molecule has 0 aliphatic heterocycles. The van der Waals surface area contributed by atoms with Crippen LogP contribution in [0.1, 0.15) is 26.3 Å². The van der Waals surface area contributed by atoms with Crippen LogP contribution in [0.5, 0.6) is 0 Å². The molecule has 0 bridgehead atoms. The van der Waals surface area contributed by atoms with Crippen molar-refractivity contribution in [3.8, 4) is 11.1 Å². The lowest BCUT2D eigenvalue weighted by molar-refractivity contribution is 0.0696. The zero-order valence-electron chi connectivity index (χ0n) is 14.0. The predicted molar refractivity (Wildman–Crippen MR) is 103 cm³/mol. The minimum atomic E-state index is -1.07. The summed E-state index contributed by atoms with van der Waals surface area (Å²) in [5, 5.41) is 11.9. The Labute approximate surface area is 156 Å². The third-order valence-electron chi connectivity index (χ3n) is 4.07. The van der Waals surface area contributed by atoms with Gasteiger partial charge in [-0.2, -0.15) is 0 Å². The van der Waals surface area contributed by atoms with E-state index in [0.29, 0.717) is 11.3 Å². The molecular weight excluding hydrogens is 350 g/mol. The summed E-state index contributed by atoms with van der Waals surface area (Å²) in [6, 6.07) is 19.4. The van der Waals surface area contributed by atoms with Gasteiger partial charge in [-0.1, -0.05) is 54.1 Å². The summed E-state index contributed by atoms with van der Waals surface area (Å²) >= 11 is 6.11. The Balaban J connectivity index is 1.95. The van der Waals surface area contributed by atoms with Gasteiger partial charge in [-0.05, 0) is 47.9 Å². The van der Waals surface area contributed by atoms with Gasteiger partial charge in [0, 0.05) is 5.56 Å².